The topological polar surface area (TPSA) is 3.24 Å². The van der Waals surface area contributed by atoms with E-state index in [-0.39, 0.29) is 5.82 Å². The standard InChI is InChI=1S/C17H26FN/c1-13-4-7-17(18)16(12-13)6-5-14(2)15-8-10-19(3)11-9-15/h4,7,12,14-15H,5-6,8-11H2,1-3H3/t14-/m0/s1. The molecule has 0 aromatic heterocycles. The van der Waals surface area contributed by atoms with E-state index in [4.69, 9.17) is 0 Å². The van der Waals surface area contributed by atoms with Gasteiger partial charge in [0.1, 0.15) is 5.82 Å². The molecule has 1 aliphatic rings. The van der Waals surface area contributed by atoms with E-state index in [0.29, 0.717) is 5.92 Å². The first-order valence-electron chi connectivity index (χ1n) is 7.50. The lowest BCUT2D eigenvalue weighted by molar-refractivity contribution is 0.173. The van der Waals surface area contributed by atoms with Crippen molar-refractivity contribution in [3.05, 3.63) is 35.1 Å². The summed E-state index contributed by atoms with van der Waals surface area (Å²) in [6.07, 6.45) is 4.58. The van der Waals surface area contributed by atoms with E-state index in [1.54, 1.807) is 6.07 Å². The third-order valence-corrected chi connectivity index (χ3v) is 4.64. The zero-order chi connectivity index (χ0) is 13.8. The highest BCUT2D eigenvalue weighted by atomic mass is 19.1. The smallest absolute Gasteiger partial charge is 0.126 e. The maximum Gasteiger partial charge on any atom is 0.126 e. The Kier molecular flexibility index (Phi) is 4.98. The molecular weight excluding hydrogens is 237 g/mol. The Morgan fingerprint density at radius 1 is 1.32 bits per heavy atom. The van der Waals surface area contributed by atoms with Crippen LogP contribution in [0, 0.1) is 24.6 Å². The van der Waals surface area contributed by atoms with Gasteiger partial charge in [0, 0.05) is 0 Å². The van der Waals surface area contributed by atoms with Crippen LogP contribution in [0.25, 0.3) is 0 Å². The van der Waals surface area contributed by atoms with Crippen LogP contribution in [0.1, 0.15) is 37.3 Å². The number of halogens is 1. The molecule has 1 aromatic carbocycles. The fraction of sp³-hybridized carbons (Fsp3) is 0.647. The predicted octanol–water partition coefficient (Wildman–Crippen LogP) is 4.04. The van der Waals surface area contributed by atoms with Crippen LogP contribution in [-0.2, 0) is 6.42 Å². The van der Waals surface area contributed by atoms with Crippen LogP contribution in [0.4, 0.5) is 4.39 Å². The quantitative estimate of drug-likeness (QED) is 0.792. The minimum Gasteiger partial charge on any atom is -0.306 e. The van der Waals surface area contributed by atoms with Gasteiger partial charge in [0.25, 0.3) is 0 Å². The van der Waals surface area contributed by atoms with Gasteiger partial charge in [-0.1, -0.05) is 24.6 Å². The van der Waals surface area contributed by atoms with Crippen molar-refractivity contribution in [3.63, 3.8) is 0 Å². The molecule has 1 saturated heterocycles. The van der Waals surface area contributed by atoms with Crippen LogP contribution in [0.5, 0.6) is 0 Å². The molecule has 2 heteroatoms. The summed E-state index contributed by atoms with van der Waals surface area (Å²) >= 11 is 0. The Morgan fingerprint density at radius 2 is 2.00 bits per heavy atom. The van der Waals surface area contributed by atoms with Crippen LogP contribution in [-0.4, -0.2) is 25.0 Å². The molecule has 0 aliphatic carbocycles. The van der Waals surface area contributed by atoms with Crippen molar-refractivity contribution in [1.29, 1.82) is 0 Å². The fourth-order valence-corrected chi connectivity index (χ4v) is 3.11. The van der Waals surface area contributed by atoms with Gasteiger partial charge in [0.2, 0.25) is 0 Å². The van der Waals surface area contributed by atoms with Crippen molar-refractivity contribution in [2.24, 2.45) is 11.8 Å². The van der Waals surface area contributed by atoms with Crippen molar-refractivity contribution < 1.29 is 4.39 Å². The van der Waals surface area contributed by atoms with Gasteiger partial charge in [-0.3, -0.25) is 0 Å². The Hall–Kier alpha value is -0.890. The van der Waals surface area contributed by atoms with Crippen molar-refractivity contribution in [3.8, 4) is 0 Å². The number of hydrogen-bond donors (Lipinski definition) is 0. The summed E-state index contributed by atoms with van der Waals surface area (Å²) in [6.45, 7) is 6.80. The van der Waals surface area contributed by atoms with Crippen molar-refractivity contribution in [2.45, 2.75) is 39.5 Å². The Labute approximate surface area is 116 Å². The SMILES string of the molecule is Cc1ccc(F)c(CC[C@H](C)C2CCN(C)CC2)c1. The van der Waals surface area contributed by atoms with Gasteiger partial charge in [0.05, 0.1) is 0 Å². The number of hydrogen-bond acceptors (Lipinski definition) is 1. The molecule has 1 atom stereocenters. The van der Waals surface area contributed by atoms with Crippen LogP contribution in [0.3, 0.4) is 0 Å². The number of rotatable bonds is 4. The molecule has 0 radical (unpaired) electrons. The van der Waals surface area contributed by atoms with Crippen molar-refractivity contribution >= 4 is 0 Å². The summed E-state index contributed by atoms with van der Waals surface area (Å²) < 4.78 is 13.7. The molecule has 1 aromatic rings. The molecule has 0 amide bonds. The molecule has 2 rings (SSSR count). The molecule has 1 fully saturated rings. The van der Waals surface area contributed by atoms with E-state index >= 15 is 0 Å². The summed E-state index contributed by atoms with van der Waals surface area (Å²) in [5.41, 5.74) is 2.04. The third kappa shape index (κ3) is 4.04. The molecule has 0 spiro atoms. The van der Waals surface area contributed by atoms with Crippen molar-refractivity contribution in [2.75, 3.05) is 20.1 Å². The number of piperidine rings is 1. The highest BCUT2D eigenvalue weighted by Gasteiger charge is 2.22. The Bertz CT molecular complexity index is 408. The normalized spacial score (nSPS) is 19.6. The van der Waals surface area contributed by atoms with Crippen LogP contribution in [0.2, 0.25) is 0 Å². The van der Waals surface area contributed by atoms with E-state index in [0.717, 1.165) is 29.9 Å². The zero-order valence-electron chi connectivity index (χ0n) is 12.5. The molecule has 106 valence electrons. The van der Waals surface area contributed by atoms with Gasteiger partial charge < -0.3 is 4.90 Å². The minimum atomic E-state index is -0.0406. The zero-order valence-corrected chi connectivity index (χ0v) is 12.5. The maximum absolute atomic E-state index is 13.7. The lowest BCUT2D eigenvalue weighted by Crippen LogP contribution is -2.32. The third-order valence-electron chi connectivity index (χ3n) is 4.64. The lowest BCUT2D eigenvalue weighted by Gasteiger charge is -2.32. The Morgan fingerprint density at radius 3 is 2.68 bits per heavy atom. The van der Waals surface area contributed by atoms with Crippen LogP contribution < -0.4 is 0 Å². The molecule has 0 N–H and O–H groups in total. The molecular formula is C17H26FN. The summed E-state index contributed by atoms with van der Waals surface area (Å²) in [4.78, 5) is 2.41. The number of nitrogens with zero attached hydrogens (tertiary/aromatic N) is 1. The first-order valence-corrected chi connectivity index (χ1v) is 7.50. The summed E-state index contributed by atoms with van der Waals surface area (Å²) in [6, 6.07) is 5.45. The van der Waals surface area contributed by atoms with Gasteiger partial charge in [0.15, 0.2) is 0 Å². The van der Waals surface area contributed by atoms with E-state index in [2.05, 4.69) is 18.9 Å². The number of benzene rings is 1. The fourth-order valence-electron chi connectivity index (χ4n) is 3.11. The molecule has 1 heterocycles. The first kappa shape index (κ1) is 14.5. The second-order valence-corrected chi connectivity index (χ2v) is 6.25. The van der Waals surface area contributed by atoms with Crippen molar-refractivity contribution in [1.82, 2.24) is 4.90 Å². The summed E-state index contributed by atoms with van der Waals surface area (Å²) in [5, 5.41) is 0. The average Bonchev–Trinajstić information content (AvgIpc) is 2.40. The molecule has 1 aliphatic heterocycles. The van der Waals surface area contributed by atoms with E-state index in [1.165, 1.54) is 25.9 Å². The Balaban J connectivity index is 1.86. The lowest BCUT2D eigenvalue weighted by atomic mass is 9.82. The molecule has 0 saturated carbocycles. The number of likely N-dealkylation sites (tertiary alicyclic amines) is 1. The largest absolute Gasteiger partial charge is 0.306 e. The second kappa shape index (κ2) is 6.51. The second-order valence-electron chi connectivity index (χ2n) is 6.25. The molecule has 0 unspecified atom stereocenters. The van der Waals surface area contributed by atoms with Gasteiger partial charge in [-0.05, 0) is 76.2 Å². The summed E-state index contributed by atoms with van der Waals surface area (Å²) in [5.74, 6) is 1.49. The highest BCUT2D eigenvalue weighted by Crippen LogP contribution is 2.28. The summed E-state index contributed by atoms with van der Waals surface area (Å²) in [7, 11) is 2.20. The predicted molar refractivity (Wildman–Crippen MR) is 78.8 cm³/mol. The van der Waals surface area contributed by atoms with Crippen LogP contribution in [0.15, 0.2) is 18.2 Å². The van der Waals surface area contributed by atoms with Crippen LogP contribution >= 0.6 is 0 Å². The molecule has 19 heavy (non-hydrogen) atoms. The van der Waals surface area contributed by atoms with Gasteiger partial charge in [-0.15, -0.1) is 0 Å². The van der Waals surface area contributed by atoms with Gasteiger partial charge >= 0.3 is 0 Å². The first-order chi connectivity index (χ1) is 9.06. The number of aryl methyl sites for hydroxylation is 2. The average molecular weight is 263 g/mol. The van der Waals surface area contributed by atoms with E-state index in [9.17, 15) is 4.39 Å². The van der Waals surface area contributed by atoms with E-state index < -0.39 is 0 Å². The molecule has 1 nitrogen and oxygen atoms in total. The maximum atomic E-state index is 13.7. The van der Waals surface area contributed by atoms with E-state index in [1.807, 2.05) is 19.1 Å². The highest BCUT2D eigenvalue weighted by molar-refractivity contribution is 5.24. The molecule has 0 bridgehead atoms. The monoisotopic (exact) mass is 263 g/mol. The minimum absolute atomic E-state index is 0.0406. The van der Waals surface area contributed by atoms with Gasteiger partial charge in [-0.25, -0.2) is 4.39 Å². The van der Waals surface area contributed by atoms with Gasteiger partial charge in [-0.2, -0.15) is 0 Å².